The maximum Gasteiger partial charge on any atom is 0.224 e. The summed E-state index contributed by atoms with van der Waals surface area (Å²) in [5.41, 5.74) is 6.63. The minimum Gasteiger partial charge on any atom is -0.328 e. The highest BCUT2D eigenvalue weighted by Crippen LogP contribution is 2.43. The minimum absolute atomic E-state index is 0.0291. The summed E-state index contributed by atoms with van der Waals surface area (Å²) >= 11 is 0. The predicted molar refractivity (Wildman–Crippen MR) is 165 cm³/mol. The van der Waals surface area contributed by atoms with Gasteiger partial charge in [-0.2, -0.15) is 4.31 Å². The molecule has 0 spiro atoms. The molecule has 8 nitrogen and oxygen atoms in total. The van der Waals surface area contributed by atoms with Crippen LogP contribution in [0.25, 0.3) is 0 Å². The van der Waals surface area contributed by atoms with Gasteiger partial charge in [-0.05, 0) is 108 Å². The topological polar surface area (TPSA) is 117 Å². The van der Waals surface area contributed by atoms with E-state index < -0.39 is 33.4 Å². The SMILES string of the molecule is NC1CCC(S(=O)(=O)N2CCNCC2CCc2c(F)cncc2NC(=O)CC(C2CCC(F)CC2)C2CCC(F)CC2)CC1. The minimum atomic E-state index is -3.53. The summed E-state index contributed by atoms with van der Waals surface area (Å²) in [6, 6.07) is -0.282. The third-order valence-electron chi connectivity index (χ3n) is 10.8. The van der Waals surface area contributed by atoms with Gasteiger partial charge in [-0.25, -0.2) is 21.6 Å². The third kappa shape index (κ3) is 8.33. The molecular weight excluding hydrogens is 591 g/mol. The summed E-state index contributed by atoms with van der Waals surface area (Å²) in [4.78, 5) is 17.5. The van der Waals surface area contributed by atoms with Crippen LogP contribution in [-0.4, -0.2) is 72.9 Å². The molecule has 2 heterocycles. The van der Waals surface area contributed by atoms with E-state index in [4.69, 9.17) is 5.73 Å². The number of hydrogen-bond donors (Lipinski definition) is 3. The molecule has 0 bridgehead atoms. The Morgan fingerprint density at radius 1 is 0.977 bits per heavy atom. The number of halogens is 3. The second-order valence-corrected chi connectivity index (χ2v) is 15.8. The molecule has 4 fully saturated rings. The zero-order chi connectivity index (χ0) is 31.3. The Morgan fingerprint density at radius 2 is 1.59 bits per heavy atom. The van der Waals surface area contributed by atoms with Crippen LogP contribution in [0.1, 0.15) is 95.5 Å². The van der Waals surface area contributed by atoms with Crippen LogP contribution in [-0.2, 0) is 21.2 Å². The van der Waals surface area contributed by atoms with Crippen LogP contribution >= 0.6 is 0 Å². The Hall–Kier alpha value is -1.76. The van der Waals surface area contributed by atoms with E-state index in [1.54, 1.807) is 4.31 Å². The van der Waals surface area contributed by atoms with Crippen molar-refractivity contribution in [3.63, 3.8) is 0 Å². The molecule has 1 aliphatic heterocycles. The van der Waals surface area contributed by atoms with Crippen LogP contribution < -0.4 is 16.4 Å². The van der Waals surface area contributed by atoms with Gasteiger partial charge in [-0.3, -0.25) is 9.78 Å². The predicted octanol–water partition coefficient (Wildman–Crippen LogP) is 5.03. The molecule has 0 aromatic carbocycles. The van der Waals surface area contributed by atoms with Crippen molar-refractivity contribution in [1.82, 2.24) is 14.6 Å². The first-order valence-corrected chi connectivity index (χ1v) is 18.3. The van der Waals surface area contributed by atoms with Gasteiger partial charge in [-0.15, -0.1) is 0 Å². The molecule has 4 aliphatic rings. The van der Waals surface area contributed by atoms with E-state index in [1.165, 1.54) is 6.20 Å². The third-order valence-corrected chi connectivity index (χ3v) is 13.3. The number of carbonyl (C=O) groups is 1. The maximum atomic E-state index is 15.2. The van der Waals surface area contributed by atoms with Crippen molar-refractivity contribution in [3.05, 3.63) is 23.8 Å². The molecule has 44 heavy (non-hydrogen) atoms. The molecule has 0 radical (unpaired) electrons. The van der Waals surface area contributed by atoms with Gasteiger partial charge in [0.25, 0.3) is 0 Å². The number of aromatic nitrogens is 1. The zero-order valence-corrected chi connectivity index (χ0v) is 26.6. The fourth-order valence-corrected chi connectivity index (χ4v) is 10.4. The number of nitrogens with zero attached hydrogens (tertiary/aromatic N) is 2. The maximum absolute atomic E-state index is 15.2. The van der Waals surface area contributed by atoms with E-state index in [2.05, 4.69) is 15.6 Å². The highest BCUT2D eigenvalue weighted by molar-refractivity contribution is 7.89. The van der Waals surface area contributed by atoms with E-state index in [0.29, 0.717) is 88.7 Å². The van der Waals surface area contributed by atoms with Crippen molar-refractivity contribution < 1.29 is 26.4 Å². The number of pyridine rings is 1. The summed E-state index contributed by atoms with van der Waals surface area (Å²) < 4.78 is 71.9. The lowest BCUT2D eigenvalue weighted by molar-refractivity contribution is -0.118. The van der Waals surface area contributed by atoms with Gasteiger partial charge in [0.1, 0.15) is 18.2 Å². The van der Waals surface area contributed by atoms with Gasteiger partial charge in [-0.1, -0.05) is 0 Å². The molecule has 5 rings (SSSR count). The Kier molecular flexibility index (Phi) is 11.6. The number of anilines is 1. The Balaban J connectivity index is 1.25. The molecule has 3 saturated carbocycles. The molecule has 1 unspecified atom stereocenters. The summed E-state index contributed by atoms with van der Waals surface area (Å²) in [5.74, 6) is -0.327. The van der Waals surface area contributed by atoms with E-state index in [-0.39, 0.29) is 48.6 Å². The van der Waals surface area contributed by atoms with Gasteiger partial charge < -0.3 is 16.4 Å². The number of alkyl halides is 2. The molecular formula is C32H50F3N5O3S. The van der Waals surface area contributed by atoms with Crippen molar-refractivity contribution in [2.45, 2.75) is 126 Å². The van der Waals surface area contributed by atoms with Crippen molar-refractivity contribution in [2.24, 2.45) is 23.5 Å². The van der Waals surface area contributed by atoms with Crippen LogP contribution in [0.2, 0.25) is 0 Å². The van der Waals surface area contributed by atoms with Crippen LogP contribution in [0, 0.1) is 23.6 Å². The molecule has 1 aromatic rings. The van der Waals surface area contributed by atoms with Gasteiger partial charge in [0.15, 0.2) is 0 Å². The molecule has 1 saturated heterocycles. The lowest BCUT2D eigenvalue weighted by Gasteiger charge is -2.39. The van der Waals surface area contributed by atoms with Gasteiger partial charge >= 0.3 is 0 Å². The van der Waals surface area contributed by atoms with Gasteiger partial charge in [0, 0.05) is 43.7 Å². The second kappa shape index (κ2) is 15.2. The van der Waals surface area contributed by atoms with Crippen LogP contribution in [0.3, 0.4) is 0 Å². The van der Waals surface area contributed by atoms with Crippen molar-refractivity contribution in [3.8, 4) is 0 Å². The Bertz CT molecular complexity index is 1180. The van der Waals surface area contributed by atoms with E-state index in [1.807, 2.05) is 0 Å². The highest BCUT2D eigenvalue weighted by Gasteiger charge is 2.40. The number of amides is 1. The summed E-state index contributed by atoms with van der Waals surface area (Å²) in [5, 5.41) is 5.76. The zero-order valence-electron chi connectivity index (χ0n) is 25.7. The Morgan fingerprint density at radius 3 is 2.20 bits per heavy atom. The number of nitrogens with one attached hydrogen (secondary N) is 2. The van der Waals surface area contributed by atoms with Gasteiger partial charge in [0.05, 0.1) is 23.3 Å². The van der Waals surface area contributed by atoms with Crippen LogP contribution in [0.5, 0.6) is 0 Å². The Labute approximate surface area is 260 Å². The average Bonchev–Trinajstić information content (AvgIpc) is 3.01. The van der Waals surface area contributed by atoms with Crippen LogP contribution in [0.4, 0.5) is 18.9 Å². The first-order chi connectivity index (χ1) is 21.1. The molecule has 1 atom stereocenters. The molecule has 1 aromatic heterocycles. The smallest absolute Gasteiger partial charge is 0.224 e. The summed E-state index contributed by atoms with van der Waals surface area (Å²) in [7, 11) is -3.53. The first kappa shape index (κ1) is 33.6. The van der Waals surface area contributed by atoms with Crippen LogP contribution in [0.15, 0.2) is 12.4 Å². The quantitative estimate of drug-likeness (QED) is 0.330. The van der Waals surface area contributed by atoms with Crippen molar-refractivity contribution in [1.29, 1.82) is 0 Å². The number of nitrogens with two attached hydrogens (primary N) is 1. The van der Waals surface area contributed by atoms with E-state index in [9.17, 15) is 22.0 Å². The monoisotopic (exact) mass is 641 g/mol. The fraction of sp³-hybridized carbons (Fsp3) is 0.812. The molecule has 4 N–H and O–H groups in total. The molecule has 3 aliphatic carbocycles. The normalized spacial score (nSPS) is 33.0. The van der Waals surface area contributed by atoms with Crippen molar-refractivity contribution in [2.75, 3.05) is 25.0 Å². The summed E-state index contributed by atoms with van der Waals surface area (Å²) in [6.45, 7) is 1.41. The number of piperazine rings is 1. The second-order valence-electron chi connectivity index (χ2n) is 13.7. The first-order valence-electron chi connectivity index (χ1n) is 16.8. The lowest BCUT2D eigenvalue weighted by Crippen LogP contribution is -2.56. The molecule has 1 amide bonds. The number of sulfonamides is 1. The standard InChI is InChI=1S/C32H50F3N5O3S/c33-23-5-1-21(2-6-23)29(22-3-7-24(34)8-4-22)17-32(41)39-31-20-38-19-30(35)28(31)14-11-26-18-37-15-16-40(26)44(42,43)27-12-9-25(36)10-13-27/h19-27,29,37H,1-18,36H2,(H,39,41). The number of rotatable bonds is 10. The van der Waals surface area contributed by atoms with E-state index >= 15 is 4.39 Å². The molecule has 12 heteroatoms. The fourth-order valence-electron chi connectivity index (χ4n) is 8.18. The highest BCUT2D eigenvalue weighted by atomic mass is 32.2. The molecule has 248 valence electrons. The van der Waals surface area contributed by atoms with E-state index in [0.717, 1.165) is 31.9 Å². The number of hydrogen-bond acceptors (Lipinski definition) is 6. The van der Waals surface area contributed by atoms with Crippen molar-refractivity contribution >= 4 is 21.6 Å². The summed E-state index contributed by atoms with van der Waals surface area (Å²) in [6.07, 6.45) is 9.23. The van der Waals surface area contributed by atoms with Gasteiger partial charge in [0.2, 0.25) is 15.9 Å². The number of carbonyl (C=O) groups excluding carboxylic acids is 1. The largest absolute Gasteiger partial charge is 0.328 e. The average molecular weight is 642 g/mol. The lowest BCUT2D eigenvalue weighted by atomic mass is 9.68.